The molecule has 0 aromatic heterocycles. The normalized spacial score (nSPS) is 21.9. The van der Waals surface area contributed by atoms with Crippen molar-refractivity contribution < 1.29 is 14.6 Å². The lowest BCUT2D eigenvalue weighted by atomic mass is 9.92. The minimum absolute atomic E-state index is 0.0248. The number of piperazine rings is 1. The number of hydrogen-bond acceptors (Lipinski definition) is 2. The number of carbonyl (C=O) groups is 1. The maximum atomic E-state index is 12.3. The first-order valence-electron chi connectivity index (χ1n) is 9.85. The maximum Gasteiger partial charge on any atom is 0.220 e. The summed E-state index contributed by atoms with van der Waals surface area (Å²) in [6, 6.07) is 9.14. The van der Waals surface area contributed by atoms with E-state index in [-0.39, 0.29) is 11.3 Å². The fourth-order valence-electron chi connectivity index (χ4n) is 3.61. The number of carbonyl (C=O) groups excluding carboxylic acids is 1. The molecule has 0 radical (unpaired) electrons. The minimum Gasteiger partial charge on any atom is -0.378 e. The van der Waals surface area contributed by atoms with Gasteiger partial charge in [0.2, 0.25) is 5.91 Å². The van der Waals surface area contributed by atoms with E-state index in [1.807, 2.05) is 0 Å². The van der Waals surface area contributed by atoms with Crippen LogP contribution in [0.4, 0.5) is 5.69 Å². The zero-order valence-corrected chi connectivity index (χ0v) is 17.5. The molecule has 1 atom stereocenters. The SMILES string of the molecule is CN(C)c1ccc([C@H](CNC(=O)CC(C)(C)C)[NH+]2CC[NH+](C)CC2)cc1. The van der Waals surface area contributed by atoms with Crippen molar-refractivity contribution in [1.82, 2.24) is 5.32 Å². The molecule has 26 heavy (non-hydrogen) atoms. The molecule has 0 aliphatic carbocycles. The molecular weight excluding hydrogens is 324 g/mol. The summed E-state index contributed by atoms with van der Waals surface area (Å²) in [6.45, 7) is 11.7. The van der Waals surface area contributed by atoms with Crippen molar-refractivity contribution in [3.63, 3.8) is 0 Å². The molecule has 5 nitrogen and oxygen atoms in total. The highest BCUT2D eigenvalue weighted by molar-refractivity contribution is 5.76. The third kappa shape index (κ3) is 6.29. The number of likely N-dealkylation sites (N-methyl/N-ethyl adjacent to an activating group) is 1. The molecule has 1 aliphatic heterocycles. The number of nitrogens with zero attached hydrogens (tertiary/aromatic N) is 1. The topological polar surface area (TPSA) is 41.2 Å². The van der Waals surface area contributed by atoms with E-state index >= 15 is 0 Å². The lowest BCUT2D eigenvalue weighted by molar-refractivity contribution is -1.02. The van der Waals surface area contributed by atoms with Crippen LogP contribution < -0.4 is 20.0 Å². The van der Waals surface area contributed by atoms with E-state index in [1.165, 1.54) is 24.3 Å². The van der Waals surface area contributed by atoms with Crippen LogP contribution in [0.5, 0.6) is 0 Å². The Morgan fingerprint density at radius 2 is 1.69 bits per heavy atom. The van der Waals surface area contributed by atoms with Gasteiger partial charge in [0.1, 0.15) is 32.2 Å². The number of anilines is 1. The van der Waals surface area contributed by atoms with Crippen LogP contribution in [0.15, 0.2) is 24.3 Å². The van der Waals surface area contributed by atoms with Gasteiger partial charge in [-0.25, -0.2) is 0 Å². The van der Waals surface area contributed by atoms with Crippen molar-refractivity contribution in [3.05, 3.63) is 29.8 Å². The van der Waals surface area contributed by atoms with E-state index in [1.54, 1.807) is 9.80 Å². The number of nitrogens with one attached hydrogen (secondary N) is 3. The molecular formula is C21H38N4O+2. The van der Waals surface area contributed by atoms with Crippen LogP contribution >= 0.6 is 0 Å². The van der Waals surface area contributed by atoms with Gasteiger partial charge in [0, 0.05) is 31.8 Å². The van der Waals surface area contributed by atoms with Crippen molar-refractivity contribution >= 4 is 11.6 Å². The van der Waals surface area contributed by atoms with Gasteiger partial charge in [0.25, 0.3) is 0 Å². The summed E-state index contributed by atoms with van der Waals surface area (Å²) in [5.74, 6) is 0.159. The molecule has 0 bridgehead atoms. The molecule has 0 saturated carbocycles. The molecule has 146 valence electrons. The smallest absolute Gasteiger partial charge is 0.220 e. The fraction of sp³-hybridized carbons (Fsp3) is 0.667. The van der Waals surface area contributed by atoms with Gasteiger partial charge in [0.15, 0.2) is 0 Å². The molecule has 1 fully saturated rings. The monoisotopic (exact) mass is 362 g/mol. The highest BCUT2D eigenvalue weighted by Crippen LogP contribution is 2.19. The molecule has 1 amide bonds. The van der Waals surface area contributed by atoms with Crippen LogP contribution in [0.1, 0.15) is 38.8 Å². The molecule has 1 heterocycles. The number of rotatable bonds is 6. The standard InChI is InChI=1S/C21H36N4O/c1-21(2,3)15-20(26)22-16-19(25-13-11-24(6)12-14-25)17-7-9-18(10-8-17)23(4)5/h7-10,19H,11-16H2,1-6H3,(H,22,26)/p+2/t19-/m0/s1. The van der Waals surface area contributed by atoms with Crippen molar-refractivity contribution in [2.45, 2.75) is 33.2 Å². The number of quaternary nitrogens is 2. The van der Waals surface area contributed by atoms with Gasteiger partial charge >= 0.3 is 0 Å². The summed E-state index contributed by atoms with van der Waals surface area (Å²) in [4.78, 5) is 17.7. The maximum absolute atomic E-state index is 12.3. The second-order valence-corrected chi connectivity index (χ2v) is 9.20. The van der Waals surface area contributed by atoms with Crippen molar-refractivity contribution in [3.8, 4) is 0 Å². The molecule has 1 aromatic carbocycles. The predicted octanol–water partition coefficient (Wildman–Crippen LogP) is -0.241. The highest BCUT2D eigenvalue weighted by atomic mass is 16.1. The summed E-state index contributed by atoms with van der Waals surface area (Å²) >= 11 is 0. The van der Waals surface area contributed by atoms with E-state index in [4.69, 9.17) is 0 Å². The highest BCUT2D eigenvalue weighted by Gasteiger charge is 2.30. The molecule has 1 aromatic rings. The van der Waals surface area contributed by atoms with Gasteiger partial charge in [-0.2, -0.15) is 0 Å². The van der Waals surface area contributed by atoms with Crippen molar-refractivity contribution in [2.75, 3.05) is 58.8 Å². The first kappa shape index (κ1) is 20.7. The van der Waals surface area contributed by atoms with Crippen LogP contribution in [0.3, 0.4) is 0 Å². The zero-order valence-electron chi connectivity index (χ0n) is 17.5. The summed E-state index contributed by atoms with van der Waals surface area (Å²) in [5.41, 5.74) is 2.56. The Morgan fingerprint density at radius 1 is 1.12 bits per heavy atom. The Balaban J connectivity index is 2.10. The van der Waals surface area contributed by atoms with E-state index in [9.17, 15) is 4.79 Å². The first-order chi connectivity index (χ1) is 12.2. The largest absolute Gasteiger partial charge is 0.378 e. The van der Waals surface area contributed by atoms with E-state index in [0.29, 0.717) is 19.0 Å². The van der Waals surface area contributed by atoms with E-state index < -0.39 is 0 Å². The van der Waals surface area contributed by atoms with Crippen LogP contribution in [0, 0.1) is 5.41 Å². The third-order valence-corrected chi connectivity index (χ3v) is 5.24. The molecule has 1 aliphatic rings. The number of amides is 1. The number of benzene rings is 1. The molecule has 5 heteroatoms. The van der Waals surface area contributed by atoms with E-state index in [0.717, 1.165) is 13.1 Å². The van der Waals surface area contributed by atoms with Gasteiger partial charge in [-0.3, -0.25) is 4.79 Å². The quantitative estimate of drug-likeness (QED) is 0.654. The lowest BCUT2D eigenvalue weighted by Crippen LogP contribution is -3.27. The molecule has 0 spiro atoms. The average molecular weight is 363 g/mol. The summed E-state index contributed by atoms with van der Waals surface area (Å²) < 4.78 is 0. The minimum atomic E-state index is 0.0248. The van der Waals surface area contributed by atoms with E-state index in [2.05, 4.69) is 76.4 Å². The molecule has 2 rings (SSSR count). The van der Waals surface area contributed by atoms with Gasteiger partial charge in [-0.1, -0.05) is 32.9 Å². The zero-order chi connectivity index (χ0) is 19.3. The van der Waals surface area contributed by atoms with Gasteiger partial charge < -0.3 is 20.0 Å². The van der Waals surface area contributed by atoms with Crippen LogP contribution in [0.2, 0.25) is 0 Å². The Kier molecular flexibility index (Phi) is 7.07. The van der Waals surface area contributed by atoms with Gasteiger partial charge in [-0.15, -0.1) is 0 Å². The Hall–Kier alpha value is -1.59. The third-order valence-electron chi connectivity index (χ3n) is 5.24. The molecule has 0 unspecified atom stereocenters. The Morgan fingerprint density at radius 3 is 2.19 bits per heavy atom. The van der Waals surface area contributed by atoms with Crippen LogP contribution in [0.25, 0.3) is 0 Å². The Bertz CT molecular complexity index is 569. The fourth-order valence-corrected chi connectivity index (χ4v) is 3.61. The predicted molar refractivity (Wildman–Crippen MR) is 108 cm³/mol. The first-order valence-corrected chi connectivity index (χ1v) is 9.85. The molecule has 1 saturated heterocycles. The van der Waals surface area contributed by atoms with Crippen molar-refractivity contribution in [1.29, 1.82) is 0 Å². The van der Waals surface area contributed by atoms with Crippen molar-refractivity contribution in [2.24, 2.45) is 5.41 Å². The summed E-state index contributed by atoms with van der Waals surface area (Å²) in [7, 11) is 6.39. The lowest BCUT2D eigenvalue weighted by Gasteiger charge is -2.34. The Labute approximate surface area is 159 Å². The van der Waals surface area contributed by atoms with Gasteiger partial charge in [0.05, 0.1) is 13.6 Å². The van der Waals surface area contributed by atoms with Crippen LogP contribution in [-0.4, -0.2) is 59.8 Å². The summed E-state index contributed by atoms with van der Waals surface area (Å²) in [5, 5.41) is 3.21. The second kappa shape index (κ2) is 8.87. The van der Waals surface area contributed by atoms with Gasteiger partial charge in [-0.05, 0) is 17.5 Å². The number of hydrogen-bond donors (Lipinski definition) is 3. The summed E-state index contributed by atoms with van der Waals surface area (Å²) in [6.07, 6.45) is 0.571. The van der Waals surface area contributed by atoms with Crippen LogP contribution in [-0.2, 0) is 4.79 Å². The second-order valence-electron chi connectivity index (χ2n) is 9.20. The average Bonchev–Trinajstić information content (AvgIpc) is 2.55. The molecule has 3 N–H and O–H groups in total.